The summed E-state index contributed by atoms with van der Waals surface area (Å²) in [5.74, 6) is -2.36. The monoisotopic (exact) mass is 515 g/mol. The van der Waals surface area contributed by atoms with Crippen molar-refractivity contribution in [3.63, 3.8) is 0 Å². The van der Waals surface area contributed by atoms with E-state index in [0.717, 1.165) is 0 Å². The number of hydrogen-bond acceptors (Lipinski definition) is 10. The molecule has 1 fully saturated rings. The van der Waals surface area contributed by atoms with E-state index in [1.807, 2.05) is 0 Å². The Morgan fingerprint density at radius 1 is 0.583 bits per heavy atom. The van der Waals surface area contributed by atoms with Crippen molar-refractivity contribution in [1.29, 1.82) is 0 Å². The van der Waals surface area contributed by atoms with Gasteiger partial charge in [0.1, 0.15) is 18.9 Å². The number of carbonyl (C=O) groups is 4. The van der Waals surface area contributed by atoms with Crippen LogP contribution in [-0.2, 0) is 42.9 Å². The van der Waals surface area contributed by atoms with Crippen molar-refractivity contribution >= 4 is 23.9 Å². The molecule has 0 aromatic heterocycles. The molecule has 0 aromatic rings. The zero-order valence-electron chi connectivity index (χ0n) is 23.8. The van der Waals surface area contributed by atoms with Crippen molar-refractivity contribution in [3.8, 4) is 0 Å². The molecule has 0 spiro atoms. The van der Waals surface area contributed by atoms with Gasteiger partial charge in [-0.1, -0.05) is 0 Å². The lowest BCUT2D eigenvalue weighted by molar-refractivity contribution is -0.259. The number of hydrogen-bond donors (Lipinski definition) is 1. The van der Waals surface area contributed by atoms with Gasteiger partial charge in [0.2, 0.25) is 0 Å². The number of nitrogens with two attached hydrogens (primary N) is 1. The predicted molar refractivity (Wildman–Crippen MR) is 131 cm³/mol. The molecule has 0 unspecified atom stereocenters. The normalized spacial score (nSPS) is 25.5. The standard InChI is InChI=1S/C26H45NO9/c1-23(2,3)19(28)32-13-14-15(34-20(29)24(4,5)6)16(35-21(30)25(7,8)9)17(18(27)33-14)36-22(31)26(10,11)12/h14-18H,13,27H2,1-12H3/t14-,15+,16+,17+,18-/m1/s1. The molecule has 2 N–H and O–H groups in total. The van der Waals surface area contributed by atoms with E-state index in [4.69, 9.17) is 29.4 Å². The smallest absolute Gasteiger partial charge is 0.311 e. The summed E-state index contributed by atoms with van der Waals surface area (Å²) >= 11 is 0. The van der Waals surface area contributed by atoms with E-state index in [1.54, 1.807) is 83.1 Å². The van der Waals surface area contributed by atoms with Gasteiger partial charge in [0.05, 0.1) is 21.7 Å². The van der Waals surface area contributed by atoms with E-state index in [2.05, 4.69) is 0 Å². The summed E-state index contributed by atoms with van der Waals surface area (Å²) in [5, 5.41) is 0. The summed E-state index contributed by atoms with van der Waals surface area (Å²) in [6.45, 7) is 19.7. The van der Waals surface area contributed by atoms with Crippen LogP contribution in [0.5, 0.6) is 0 Å². The molecule has 0 amide bonds. The molecule has 36 heavy (non-hydrogen) atoms. The molecule has 1 aliphatic rings. The molecular formula is C26H45NO9. The minimum atomic E-state index is -1.31. The van der Waals surface area contributed by atoms with Crippen molar-refractivity contribution in [3.05, 3.63) is 0 Å². The van der Waals surface area contributed by atoms with Crippen LogP contribution in [-0.4, -0.2) is 61.1 Å². The molecule has 1 rings (SSSR count). The van der Waals surface area contributed by atoms with Gasteiger partial charge in [-0.15, -0.1) is 0 Å². The van der Waals surface area contributed by atoms with Crippen molar-refractivity contribution in [2.45, 2.75) is 114 Å². The Bertz CT molecular complexity index is 824. The highest BCUT2D eigenvalue weighted by atomic mass is 16.7. The number of rotatable bonds is 5. The molecule has 10 heteroatoms. The molecule has 0 aliphatic carbocycles. The first-order chi connectivity index (χ1) is 16.0. The van der Waals surface area contributed by atoms with Gasteiger partial charge < -0.3 is 29.4 Å². The first-order valence-corrected chi connectivity index (χ1v) is 12.2. The van der Waals surface area contributed by atoms with Crippen LogP contribution >= 0.6 is 0 Å². The number of carbonyl (C=O) groups excluding carboxylic acids is 4. The fourth-order valence-electron chi connectivity index (χ4n) is 2.76. The molecular weight excluding hydrogens is 470 g/mol. The third-order valence-electron chi connectivity index (χ3n) is 5.23. The van der Waals surface area contributed by atoms with Crippen LogP contribution < -0.4 is 5.73 Å². The lowest BCUT2D eigenvalue weighted by Crippen LogP contribution is -2.65. The minimum Gasteiger partial charge on any atom is -0.462 e. The van der Waals surface area contributed by atoms with Gasteiger partial charge >= 0.3 is 23.9 Å². The quantitative estimate of drug-likeness (QED) is 0.429. The first-order valence-electron chi connectivity index (χ1n) is 12.2. The van der Waals surface area contributed by atoms with Gasteiger partial charge in [-0.3, -0.25) is 19.2 Å². The van der Waals surface area contributed by atoms with Gasteiger partial charge in [0, 0.05) is 0 Å². The van der Waals surface area contributed by atoms with E-state index in [0.29, 0.717) is 0 Å². The van der Waals surface area contributed by atoms with E-state index in [-0.39, 0.29) is 6.61 Å². The fourth-order valence-corrected chi connectivity index (χ4v) is 2.76. The van der Waals surface area contributed by atoms with Crippen LogP contribution in [0.15, 0.2) is 0 Å². The first kappa shape index (κ1) is 31.8. The summed E-state index contributed by atoms with van der Waals surface area (Å²) in [5.41, 5.74) is 2.71. The molecule has 208 valence electrons. The van der Waals surface area contributed by atoms with Crippen LogP contribution in [0.4, 0.5) is 0 Å². The molecule has 0 aromatic carbocycles. The molecule has 0 radical (unpaired) electrons. The van der Waals surface area contributed by atoms with Crippen molar-refractivity contribution < 1.29 is 42.9 Å². The van der Waals surface area contributed by atoms with Crippen LogP contribution in [0.25, 0.3) is 0 Å². The molecule has 0 bridgehead atoms. The van der Waals surface area contributed by atoms with Crippen LogP contribution in [0.2, 0.25) is 0 Å². The van der Waals surface area contributed by atoms with Gasteiger partial charge in [-0.05, 0) is 83.1 Å². The average Bonchev–Trinajstić information content (AvgIpc) is 2.67. The average molecular weight is 516 g/mol. The second kappa shape index (κ2) is 11.0. The van der Waals surface area contributed by atoms with Crippen LogP contribution in [0.3, 0.4) is 0 Å². The SMILES string of the molecule is CC(C)(C)C(=O)OC[C@H]1O[C@@H](N)[C@@H](OC(=O)C(C)(C)C)[C@@H](OC(=O)C(C)(C)C)[C@H]1OC(=O)C(C)(C)C. The fraction of sp³-hybridized carbons (Fsp3) is 0.846. The maximum atomic E-state index is 12.9. The molecule has 10 nitrogen and oxygen atoms in total. The highest BCUT2D eigenvalue weighted by molar-refractivity contribution is 5.78. The van der Waals surface area contributed by atoms with E-state index < -0.39 is 76.2 Å². The van der Waals surface area contributed by atoms with Crippen molar-refractivity contribution in [2.75, 3.05) is 6.61 Å². The Morgan fingerprint density at radius 2 is 0.917 bits per heavy atom. The van der Waals surface area contributed by atoms with Crippen LogP contribution in [0.1, 0.15) is 83.1 Å². The van der Waals surface area contributed by atoms with E-state index >= 15 is 0 Å². The number of esters is 4. The molecule has 1 heterocycles. The highest BCUT2D eigenvalue weighted by Crippen LogP contribution is 2.32. The second-order valence-electron chi connectivity index (χ2n) is 13.3. The molecule has 0 saturated carbocycles. The predicted octanol–water partition coefficient (Wildman–Crippen LogP) is 3.13. The number of ether oxygens (including phenoxy) is 5. The van der Waals surface area contributed by atoms with Gasteiger partial charge in [0.25, 0.3) is 0 Å². The minimum absolute atomic E-state index is 0.324. The largest absolute Gasteiger partial charge is 0.462 e. The third kappa shape index (κ3) is 8.73. The molecule has 1 saturated heterocycles. The molecule has 1 aliphatic heterocycles. The Morgan fingerprint density at radius 3 is 1.28 bits per heavy atom. The highest BCUT2D eigenvalue weighted by Gasteiger charge is 2.53. The van der Waals surface area contributed by atoms with Gasteiger partial charge in [-0.2, -0.15) is 0 Å². The Balaban J connectivity index is 3.50. The Labute approximate surface area is 214 Å². The Kier molecular flexibility index (Phi) is 9.77. The maximum Gasteiger partial charge on any atom is 0.311 e. The summed E-state index contributed by atoms with van der Waals surface area (Å²) in [4.78, 5) is 51.0. The van der Waals surface area contributed by atoms with E-state index in [9.17, 15) is 19.2 Å². The van der Waals surface area contributed by atoms with Crippen molar-refractivity contribution in [2.24, 2.45) is 27.4 Å². The van der Waals surface area contributed by atoms with Crippen molar-refractivity contribution in [1.82, 2.24) is 0 Å². The van der Waals surface area contributed by atoms with Gasteiger partial charge in [0.15, 0.2) is 18.3 Å². The lowest BCUT2D eigenvalue weighted by atomic mass is 9.92. The maximum absolute atomic E-state index is 12.9. The summed E-state index contributed by atoms with van der Waals surface area (Å²) in [6.07, 6.45) is -6.20. The van der Waals surface area contributed by atoms with E-state index in [1.165, 1.54) is 0 Å². The summed E-state index contributed by atoms with van der Waals surface area (Å²) in [7, 11) is 0. The summed E-state index contributed by atoms with van der Waals surface area (Å²) in [6, 6.07) is 0. The zero-order valence-corrected chi connectivity index (χ0v) is 23.8. The van der Waals surface area contributed by atoms with Gasteiger partial charge in [-0.25, -0.2) is 0 Å². The molecule has 5 atom stereocenters. The zero-order chi connectivity index (χ0) is 28.4. The topological polar surface area (TPSA) is 140 Å². The lowest BCUT2D eigenvalue weighted by Gasteiger charge is -2.45. The van der Waals surface area contributed by atoms with Crippen LogP contribution in [0, 0.1) is 21.7 Å². The Hall–Kier alpha value is -2.20. The second-order valence-corrected chi connectivity index (χ2v) is 13.3. The third-order valence-corrected chi connectivity index (χ3v) is 5.23. The summed E-state index contributed by atoms with van der Waals surface area (Å²) < 4.78 is 28.5.